The number of carbonyl (C=O) groups is 1. The Morgan fingerprint density at radius 2 is 2.64 bits per heavy atom. The van der Waals surface area contributed by atoms with Gasteiger partial charge in [0.2, 0.25) is 0 Å². The fraction of sp³-hybridized carbons (Fsp3) is 0.333. The molecule has 0 saturated carbocycles. The van der Waals surface area contributed by atoms with Crippen LogP contribution in [-0.2, 0) is 16.0 Å². The van der Waals surface area contributed by atoms with E-state index in [1.165, 1.54) is 18.4 Å². The molecule has 0 aliphatic heterocycles. The monoisotopic (exact) mass is 189 g/mol. The highest BCUT2D eigenvalue weighted by Gasteiger charge is 2.02. The quantitative estimate of drug-likeness (QED) is 0.566. The topological polar surface area (TPSA) is 42.1 Å². The molecule has 1 aromatic rings. The van der Waals surface area contributed by atoms with Gasteiger partial charge >= 0.3 is 5.97 Å². The lowest BCUT2D eigenvalue weighted by molar-refractivity contribution is -0.139. The number of methoxy groups -OCH3 is 1. The lowest BCUT2D eigenvalue weighted by atomic mass is 10.3. The molecule has 60 valence electrons. The summed E-state index contributed by atoms with van der Waals surface area (Å²) >= 11 is 6.24. The number of hydrogen-bond donors (Lipinski definition) is 1. The molecule has 0 saturated heterocycles. The first-order valence-corrected chi connectivity index (χ1v) is 4.24. The smallest absolute Gasteiger partial charge is 0.311 e. The molecule has 0 aromatic carbocycles. The predicted octanol–water partition coefficient (Wildman–Crippen LogP) is 1.52. The molecule has 0 bridgehead atoms. The summed E-state index contributed by atoms with van der Waals surface area (Å²) < 4.78 is 5.16. The molecule has 0 unspecified atom stereocenters. The fourth-order valence-corrected chi connectivity index (χ4v) is 1.49. The largest absolute Gasteiger partial charge is 0.469 e. The van der Waals surface area contributed by atoms with Crippen LogP contribution in [-0.4, -0.2) is 18.1 Å². The van der Waals surface area contributed by atoms with Gasteiger partial charge in [0.15, 0.2) is 3.95 Å². The predicted molar refractivity (Wildman–Crippen MR) is 45.2 cm³/mol. The number of hydrogen-bond acceptors (Lipinski definition) is 4. The van der Waals surface area contributed by atoms with Crippen molar-refractivity contribution in [1.29, 1.82) is 0 Å². The Labute approximate surface area is 73.0 Å². The summed E-state index contributed by atoms with van der Waals surface area (Å²) in [6.07, 6.45) is 0.267. The van der Waals surface area contributed by atoms with Crippen LogP contribution in [0.4, 0.5) is 0 Å². The lowest BCUT2D eigenvalue weighted by Crippen LogP contribution is -2.04. The zero-order chi connectivity index (χ0) is 8.27. The van der Waals surface area contributed by atoms with Gasteiger partial charge in [0.25, 0.3) is 0 Å². The standard InChI is InChI=1S/C6H7NO2S2/c1-9-5(8)2-4-3-11-6(10)7-4/h3H,2H2,1H3,(H,7,10). The van der Waals surface area contributed by atoms with Crippen molar-refractivity contribution in [2.24, 2.45) is 0 Å². The lowest BCUT2D eigenvalue weighted by Gasteiger charge is -1.93. The van der Waals surface area contributed by atoms with Gasteiger partial charge in [0, 0.05) is 11.1 Å². The van der Waals surface area contributed by atoms with E-state index in [4.69, 9.17) is 12.2 Å². The van der Waals surface area contributed by atoms with E-state index in [-0.39, 0.29) is 12.4 Å². The summed E-state index contributed by atoms with van der Waals surface area (Å²) in [5.41, 5.74) is 0.812. The number of thiazole rings is 1. The highest BCUT2D eigenvalue weighted by atomic mass is 32.1. The molecule has 1 heterocycles. The van der Waals surface area contributed by atoms with Gasteiger partial charge < -0.3 is 9.72 Å². The normalized spacial score (nSPS) is 9.55. The number of aromatic amines is 1. The summed E-state index contributed by atoms with van der Waals surface area (Å²) in [6, 6.07) is 0. The third kappa shape index (κ3) is 2.44. The molecule has 3 nitrogen and oxygen atoms in total. The number of aromatic nitrogens is 1. The second-order valence-corrected chi connectivity index (χ2v) is 3.47. The van der Waals surface area contributed by atoms with E-state index >= 15 is 0 Å². The first-order valence-electron chi connectivity index (χ1n) is 2.96. The molecule has 0 atom stereocenters. The number of rotatable bonds is 2. The molecule has 0 amide bonds. The average molecular weight is 189 g/mol. The molecular weight excluding hydrogens is 182 g/mol. The highest BCUT2D eigenvalue weighted by Crippen LogP contribution is 2.05. The zero-order valence-corrected chi connectivity index (χ0v) is 7.55. The Kier molecular flexibility index (Phi) is 2.78. The van der Waals surface area contributed by atoms with Crippen molar-refractivity contribution in [2.75, 3.05) is 7.11 Å². The van der Waals surface area contributed by atoms with Crippen molar-refractivity contribution in [3.05, 3.63) is 15.0 Å². The molecule has 1 N–H and O–H groups in total. The van der Waals surface area contributed by atoms with Gasteiger partial charge in [-0.3, -0.25) is 4.79 Å². The summed E-state index contributed by atoms with van der Waals surface area (Å²) in [6.45, 7) is 0. The number of ether oxygens (including phenoxy) is 1. The van der Waals surface area contributed by atoms with Crippen molar-refractivity contribution >= 4 is 29.5 Å². The van der Waals surface area contributed by atoms with Crippen LogP contribution in [0.1, 0.15) is 5.69 Å². The van der Waals surface area contributed by atoms with Gasteiger partial charge in [0.05, 0.1) is 13.5 Å². The highest BCUT2D eigenvalue weighted by molar-refractivity contribution is 7.73. The van der Waals surface area contributed by atoms with Crippen LogP contribution in [0.15, 0.2) is 5.38 Å². The zero-order valence-electron chi connectivity index (χ0n) is 5.92. The van der Waals surface area contributed by atoms with Crippen LogP contribution in [0.2, 0.25) is 0 Å². The minimum Gasteiger partial charge on any atom is -0.469 e. The van der Waals surface area contributed by atoms with Crippen molar-refractivity contribution in [3.8, 4) is 0 Å². The molecule has 1 rings (SSSR count). The van der Waals surface area contributed by atoms with E-state index in [9.17, 15) is 4.79 Å². The Bertz CT molecular complexity index is 302. The Morgan fingerprint density at radius 3 is 3.09 bits per heavy atom. The van der Waals surface area contributed by atoms with Gasteiger partial charge in [-0.2, -0.15) is 0 Å². The minimum absolute atomic E-state index is 0.256. The Hall–Kier alpha value is -0.680. The molecule has 0 aliphatic rings. The number of esters is 1. The van der Waals surface area contributed by atoms with Gasteiger partial charge in [-0.1, -0.05) is 0 Å². The second-order valence-electron chi connectivity index (χ2n) is 1.93. The number of H-pyrrole nitrogens is 1. The first-order chi connectivity index (χ1) is 5.22. The molecule has 0 fully saturated rings. The third-order valence-corrected chi connectivity index (χ3v) is 2.24. The van der Waals surface area contributed by atoms with Crippen molar-refractivity contribution in [2.45, 2.75) is 6.42 Å². The molecule has 5 heteroatoms. The van der Waals surface area contributed by atoms with E-state index < -0.39 is 0 Å². The van der Waals surface area contributed by atoms with Crippen LogP contribution >= 0.6 is 23.6 Å². The van der Waals surface area contributed by atoms with Crippen LogP contribution in [0.3, 0.4) is 0 Å². The molecule has 11 heavy (non-hydrogen) atoms. The van der Waals surface area contributed by atoms with Crippen LogP contribution in [0, 0.1) is 3.95 Å². The summed E-state index contributed by atoms with van der Waals surface area (Å²) in [7, 11) is 1.36. The molecule has 0 spiro atoms. The molecule has 0 aliphatic carbocycles. The van der Waals surface area contributed by atoms with Crippen LogP contribution in [0.5, 0.6) is 0 Å². The minimum atomic E-state index is -0.256. The van der Waals surface area contributed by atoms with E-state index in [1.807, 2.05) is 5.38 Å². The Balaban J connectivity index is 2.65. The fourth-order valence-electron chi connectivity index (χ4n) is 0.628. The summed E-state index contributed by atoms with van der Waals surface area (Å²) in [5.74, 6) is -0.256. The maximum absolute atomic E-state index is 10.7. The van der Waals surface area contributed by atoms with Crippen LogP contribution < -0.4 is 0 Å². The van der Waals surface area contributed by atoms with Crippen LogP contribution in [0.25, 0.3) is 0 Å². The number of carbonyl (C=O) groups excluding carboxylic acids is 1. The molecule has 0 radical (unpaired) electrons. The van der Waals surface area contributed by atoms with Crippen molar-refractivity contribution < 1.29 is 9.53 Å². The van der Waals surface area contributed by atoms with Gasteiger partial charge in [0.1, 0.15) is 0 Å². The first kappa shape index (κ1) is 8.42. The molecular formula is C6H7NO2S2. The van der Waals surface area contributed by atoms with Crippen molar-refractivity contribution in [1.82, 2.24) is 4.98 Å². The van der Waals surface area contributed by atoms with E-state index in [2.05, 4.69) is 9.72 Å². The SMILES string of the molecule is COC(=O)Cc1csc(=S)[nH]1. The van der Waals surface area contributed by atoms with Crippen molar-refractivity contribution in [3.63, 3.8) is 0 Å². The van der Waals surface area contributed by atoms with Gasteiger partial charge in [-0.15, -0.1) is 11.3 Å². The third-order valence-electron chi connectivity index (χ3n) is 1.13. The summed E-state index contributed by atoms with van der Waals surface area (Å²) in [4.78, 5) is 13.6. The summed E-state index contributed by atoms with van der Waals surface area (Å²) in [5, 5.41) is 1.82. The van der Waals surface area contributed by atoms with E-state index in [0.717, 1.165) is 5.69 Å². The van der Waals surface area contributed by atoms with E-state index in [0.29, 0.717) is 3.95 Å². The number of nitrogens with one attached hydrogen (secondary N) is 1. The second kappa shape index (κ2) is 3.64. The average Bonchev–Trinajstić information content (AvgIpc) is 2.35. The Morgan fingerprint density at radius 1 is 1.91 bits per heavy atom. The maximum atomic E-state index is 10.7. The molecule has 1 aromatic heterocycles. The van der Waals surface area contributed by atoms with E-state index in [1.54, 1.807) is 0 Å². The van der Waals surface area contributed by atoms with Gasteiger partial charge in [-0.25, -0.2) is 0 Å². The van der Waals surface area contributed by atoms with Gasteiger partial charge in [-0.05, 0) is 12.2 Å². The maximum Gasteiger partial charge on any atom is 0.311 e.